The molecule has 1 aliphatic carbocycles. The van der Waals surface area contributed by atoms with Crippen molar-refractivity contribution in [1.29, 1.82) is 0 Å². The van der Waals surface area contributed by atoms with Crippen LogP contribution in [0.5, 0.6) is 0 Å². The summed E-state index contributed by atoms with van der Waals surface area (Å²) in [6.45, 7) is 2.01. The zero-order chi connectivity index (χ0) is 13.2. The van der Waals surface area contributed by atoms with Crippen LogP contribution in [-0.4, -0.2) is 21.0 Å². The summed E-state index contributed by atoms with van der Waals surface area (Å²) >= 11 is 0. The minimum absolute atomic E-state index is 0.159. The van der Waals surface area contributed by atoms with Crippen molar-refractivity contribution in [3.8, 4) is 0 Å². The lowest BCUT2D eigenvalue weighted by Crippen LogP contribution is -2.17. The van der Waals surface area contributed by atoms with Crippen molar-refractivity contribution in [1.82, 2.24) is 0 Å². The van der Waals surface area contributed by atoms with Crippen LogP contribution in [0.1, 0.15) is 30.4 Å². The van der Waals surface area contributed by atoms with Crippen LogP contribution in [0.4, 0.5) is 0 Å². The average Bonchev–Trinajstić information content (AvgIpc) is 2.95. The van der Waals surface area contributed by atoms with Crippen molar-refractivity contribution < 1.29 is 14.1 Å². The summed E-state index contributed by atoms with van der Waals surface area (Å²) in [5, 5.41) is 8.83. The molecule has 98 valence electrons. The van der Waals surface area contributed by atoms with Gasteiger partial charge in [0.25, 0.3) is 0 Å². The van der Waals surface area contributed by atoms with Gasteiger partial charge in [0, 0.05) is 22.3 Å². The monoisotopic (exact) mass is 266 g/mol. The Morgan fingerprint density at radius 1 is 1.44 bits per heavy atom. The molecule has 1 aromatic carbocycles. The van der Waals surface area contributed by atoms with Crippen LogP contribution < -0.4 is 0 Å². The largest absolute Gasteiger partial charge is 0.481 e. The summed E-state index contributed by atoms with van der Waals surface area (Å²) in [5.74, 6) is 0.274. The normalized spacial score (nSPS) is 18.3. The fourth-order valence-electron chi connectivity index (χ4n) is 2.25. The van der Waals surface area contributed by atoms with Crippen molar-refractivity contribution in [2.75, 3.05) is 5.75 Å². The highest BCUT2D eigenvalue weighted by molar-refractivity contribution is 7.84. The topological polar surface area (TPSA) is 54.4 Å². The van der Waals surface area contributed by atoms with Gasteiger partial charge in [0.1, 0.15) is 0 Å². The Labute approximate surface area is 110 Å². The molecule has 1 aromatic rings. The van der Waals surface area contributed by atoms with Crippen LogP contribution in [0.15, 0.2) is 24.3 Å². The molecular formula is C14H18O3S. The maximum atomic E-state index is 12.1. The highest BCUT2D eigenvalue weighted by Crippen LogP contribution is 2.49. The summed E-state index contributed by atoms with van der Waals surface area (Å²) in [7, 11) is -0.966. The van der Waals surface area contributed by atoms with Crippen molar-refractivity contribution in [2.45, 2.75) is 31.9 Å². The summed E-state index contributed by atoms with van der Waals surface area (Å²) in [6, 6.07) is 7.99. The first-order valence-corrected chi connectivity index (χ1v) is 7.60. The van der Waals surface area contributed by atoms with Gasteiger partial charge in [-0.2, -0.15) is 0 Å². The fraction of sp³-hybridized carbons (Fsp3) is 0.500. The molecule has 0 amide bonds. The van der Waals surface area contributed by atoms with Crippen molar-refractivity contribution in [3.63, 3.8) is 0 Å². The number of carboxylic acid groups (broad SMARTS) is 1. The van der Waals surface area contributed by atoms with Crippen molar-refractivity contribution in [3.05, 3.63) is 35.4 Å². The minimum atomic E-state index is -0.966. The molecule has 18 heavy (non-hydrogen) atoms. The van der Waals surface area contributed by atoms with Gasteiger partial charge in [-0.3, -0.25) is 9.00 Å². The third-order valence-corrected chi connectivity index (χ3v) is 4.95. The lowest BCUT2D eigenvalue weighted by molar-refractivity contribution is -0.138. The second-order valence-corrected chi connectivity index (χ2v) is 6.75. The van der Waals surface area contributed by atoms with Gasteiger partial charge < -0.3 is 5.11 Å². The molecule has 0 radical (unpaired) electrons. The van der Waals surface area contributed by atoms with E-state index in [1.807, 2.05) is 31.2 Å². The standard InChI is InChI=1S/C14H18O3S/c1-11-3-2-4-12(7-11)9-18(17)10-14(5-6-14)8-13(15)16/h2-4,7H,5-6,8-10H2,1H3,(H,15,16). The highest BCUT2D eigenvalue weighted by atomic mass is 32.2. The predicted molar refractivity (Wildman–Crippen MR) is 71.8 cm³/mol. The molecule has 0 heterocycles. The molecule has 1 aliphatic rings. The summed E-state index contributed by atoms with van der Waals surface area (Å²) in [4.78, 5) is 10.7. The van der Waals surface area contributed by atoms with E-state index in [2.05, 4.69) is 0 Å². The first kappa shape index (κ1) is 13.3. The Morgan fingerprint density at radius 3 is 2.72 bits per heavy atom. The number of aliphatic carboxylic acids is 1. The Morgan fingerprint density at radius 2 is 2.17 bits per heavy atom. The van der Waals surface area contributed by atoms with Gasteiger partial charge in [0.05, 0.1) is 6.42 Å². The molecule has 1 saturated carbocycles. The van der Waals surface area contributed by atoms with Crippen LogP contribution in [0.3, 0.4) is 0 Å². The van der Waals surface area contributed by atoms with Gasteiger partial charge >= 0.3 is 5.97 Å². The second-order valence-electron chi connectivity index (χ2n) is 5.29. The third kappa shape index (κ3) is 3.67. The molecule has 1 N–H and O–H groups in total. The molecule has 0 spiro atoms. The van der Waals surface area contributed by atoms with Gasteiger partial charge in [-0.15, -0.1) is 0 Å². The Kier molecular flexibility index (Phi) is 3.85. The van der Waals surface area contributed by atoms with Crippen molar-refractivity contribution >= 4 is 16.8 Å². The maximum absolute atomic E-state index is 12.1. The van der Waals surface area contributed by atoms with E-state index in [-0.39, 0.29) is 11.8 Å². The number of carboxylic acids is 1. The molecule has 0 saturated heterocycles. The molecule has 4 heteroatoms. The average molecular weight is 266 g/mol. The van der Waals surface area contributed by atoms with Crippen molar-refractivity contribution in [2.24, 2.45) is 5.41 Å². The third-order valence-electron chi connectivity index (χ3n) is 3.36. The number of benzene rings is 1. The SMILES string of the molecule is Cc1cccc(CS(=O)CC2(CC(=O)O)CC2)c1. The van der Waals surface area contributed by atoms with E-state index in [9.17, 15) is 9.00 Å². The quantitative estimate of drug-likeness (QED) is 0.860. The van der Waals surface area contributed by atoms with E-state index in [0.29, 0.717) is 11.5 Å². The van der Waals surface area contributed by atoms with Gasteiger partial charge in [-0.1, -0.05) is 29.8 Å². The molecule has 0 bridgehead atoms. The molecule has 1 atom stereocenters. The lowest BCUT2D eigenvalue weighted by atomic mass is 10.1. The first-order chi connectivity index (χ1) is 8.49. The van der Waals surface area contributed by atoms with Gasteiger partial charge in [-0.25, -0.2) is 0 Å². The van der Waals surface area contributed by atoms with Gasteiger partial charge in [-0.05, 0) is 30.7 Å². The maximum Gasteiger partial charge on any atom is 0.303 e. The summed E-state index contributed by atoms with van der Waals surface area (Å²) in [5.41, 5.74) is 2.05. The molecule has 1 fully saturated rings. The van der Waals surface area contributed by atoms with E-state index in [4.69, 9.17) is 5.11 Å². The van der Waals surface area contributed by atoms with E-state index in [1.54, 1.807) is 0 Å². The number of hydrogen-bond donors (Lipinski definition) is 1. The van der Waals surface area contributed by atoms with Gasteiger partial charge in [0.2, 0.25) is 0 Å². The van der Waals surface area contributed by atoms with E-state index < -0.39 is 16.8 Å². The van der Waals surface area contributed by atoms with E-state index in [0.717, 1.165) is 24.0 Å². The molecule has 0 aromatic heterocycles. The van der Waals surface area contributed by atoms with E-state index >= 15 is 0 Å². The number of aryl methyl sites for hydroxylation is 1. The minimum Gasteiger partial charge on any atom is -0.481 e. The summed E-state index contributed by atoms with van der Waals surface area (Å²) in [6.07, 6.45) is 1.96. The van der Waals surface area contributed by atoms with Crippen LogP contribution in [-0.2, 0) is 21.3 Å². The van der Waals surface area contributed by atoms with Crippen LogP contribution >= 0.6 is 0 Å². The van der Waals surface area contributed by atoms with Gasteiger partial charge in [0.15, 0.2) is 0 Å². The summed E-state index contributed by atoms with van der Waals surface area (Å²) < 4.78 is 12.1. The smallest absolute Gasteiger partial charge is 0.303 e. The lowest BCUT2D eigenvalue weighted by Gasteiger charge is -2.12. The fourth-order valence-corrected chi connectivity index (χ4v) is 3.98. The number of rotatable bonds is 6. The van der Waals surface area contributed by atoms with Crippen LogP contribution in [0.2, 0.25) is 0 Å². The predicted octanol–water partition coefficient (Wildman–Crippen LogP) is 2.50. The molecule has 2 rings (SSSR count). The number of hydrogen-bond acceptors (Lipinski definition) is 2. The zero-order valence-electron chi connectivity index (χ0n) is 10.5. The Hall–Kier alpha value is -1.16. The molecule has 3 nitrogen and oxygen atoms in total. The van der Waals surface area contributed by atoms with Crippen LogP contribution in [0.25, 0.3) is 0 Å². The molecule has 0 aliphatic heterocycles. The second kappa shape index (κ2) is 5.22. The molecule has 1 unspecified atom stereocenters. The highest BCUT2D eigenvalue weighted by Gasteiger charge is 2.45. The van der Waals surface area contributed by atoms with Crippen LogP contribution in [0, 0.1) is 12.3 Å². The zero-order valence-corrected chi connectivity index (χ0v) is 11.3. The molecular weight excluding hydrogens is 248 g/mol. The number of carbonyl (C=O) groups is 1. The van der Waals surface area contributed by atoms with E-state index in [1.165, 1.54) is 0 Å². The Bertz CT molecular complexity index is 478. The Balaban J connectivity index is 1.91. The first-order valence-electron chi connectivity index (χ1n) is 6.11.